The van der Waals surface area contributed by atoms with Gasteiger partial charge in [-0.05, 0) is 31.1 Å². The summed E-state index contributed by atoms with van der Waals surface area (Å²) in [6.45, 7) is 11.1. The molecule has 1 atom stereocenters. The largest absolute Gasteiger partial charge is 0.462 e. The lowest BCUT2D eigenvalue weighted by atomic mass is 10.0. The van der Waals surface area contributed by atoms with Gasteiger partial charge in [-0.25, -0.2) is 0 Å². The number of carbonyl (C=O) groups is 3. The van der Waals surface area contributed by atoms with E-state index in [9.17, 15) is 14.4 Å². The van der Waals surface area contributed by atoms with Crippen molar-refractivity contribution in [2.75, 3.05) is 13.2 Å². The number of rotatable bonds is 32. The van der Waals surface area contributed by atoms with E-state index in [1.807, 2.05) is 0 Å². The maximum Gasteiger partial charge on any atom is 0.306 e. The van der Waals surface area contributed by atoms with Gasteiger partial charge in [-0.1, -0.05) is 157 Å². The predicted molar refractivity (Wildman–Crippen MR) is 183 cm³/mol. The van der Waals surface area contributed by atoms with Crippen molar-refractivity contribution in [3.8, 4) is 0 Å². The average Bonchev–Trinajstić information content (AvgIpc) is 2.98. The van der Waals surface area contributed by atoms with E-state index in [0.29, 0.717) is 19.3 Å². The van der Waals surface area contributed by atoms with Crippen LogP contribution in [0.1, 0.15) is 195 Å². The van der Waals surface area contributed by atoms with Crippen LogP contribution in [-0.4, -0.2) is 37.2 Å². The van der Waals surface area contributed by atoms with Crippen molar-refractivity contribution in [3.63, 3.8) is 0 Å². The second-order valence-corrected chi connectivity index (χ2v) is 13.8. The van der Waals surface area contributed by atoms with Crippen molar-refractivity contribution in [2.45, 2.75) is 201 Å². The molecule has 0 aliphatic heterocycles. The summed E-state index contributed by atoms with van der Waals surface area (Å²) in [7, 11) is 0. The normalized spacial score (nSPS) is 12.1. The van der Waals surface area contributed by atoms with Crippen molar-refractivity contribution in [1.29, 1.82) is 0 Å². The summed E-state index contributed by atoms with van der Waals surface area (Å²) in [6.07, 6.45) is 25.5. The van der Waals surface area contributed by atoms with Gasteiger partial charge in [0.15, 0.2) is 6.10 Å². The highest BCUT2D eigenvalue weighted by atomic mass is 16.6. The molecule has 0 radical (unpaired) electrons. The van der Waals surface area contributed by atoms with Crippen molar-refractivity contribution < 1.29 is 28.6 Å². The number of ether oxygens (including phenoxy) is 3. The van der Waals surface area contributed by atoms with Gasteiger partial charge in [-0.2, -0.15) is 0 Å². The molecule has 0 heterocycles. The minimum atomic E-state index is -0.758. The van der Waals surface area contributed by atoms with Crippen LogP contribution in [0.3, 0.4) is 0 Å². The third kappa shape index (κ3) is 31.8. The van der Waals surface area contributed by atoms with Crippen LogP contribution in [0.15, 0.2) is 0 Å². The molecule has 0 aromatic carbocycles. The lowest BCUT2D eigenvalue weighted by molar-refractivity contribution is -0.167. The Hall–Kier alpha value is -1.59. The van der Waals surface area contributed by atoms with Crippen LogP contribution in [0.4, 0.5) is 0 Å². The number of hydrogen-bond donors (Lipinski definition) is 0. The Morgan fingerprint density at radius 2 is 0.750 bits per heavy atom. The summed E-state index contributed by atoms with van der Waals surface area (Å²) in [5.41, 5.74) is 0. The van der Waals surface area contributed by atoms with E-state index in [2.05, 4.69) is 34.6 Å². The summed E-state index contributed by atoms with van der Waals surface area (Å²) in [5, 5.41) is 0. The first-order valence-electron chi connectivity index (χ1n) is 18.7. The molecule has 0 aromatic rings. The van der Waals surface area contributed by atoms with Crippen LogP contribution in [0.5, 0.6) is 0 Å². The Balaban J connectivity index is 4.36. The van der Waals surface area contributed by atoms with E-state index < -0.39 is 6.10 Å². The third-order valence-electron chi connectivity index (χ3n) is 8.22. The zero-order valence-electron chi connectivity index (χ0n) is 29.8. The molecule has 0 saturated carbocycles. The lowest BCUT2D eigenvalue weighted by Gasteiger charge is -2.18. The first-order valence-corrected chi connectivity index (χ1v) is 18.7. The molecule has 0 N–H and O–H groups in total. The highest BCUT2D eigenvalue weighted by Crippen LogP contribution is 2.15. The fourth-order valence-corrected chi connectivity index (χ4v) is 5.34. The van der Waals surface area contributed by atoms with Crippen molar-refractivity contribution in [1.82, 2.24) is 0 Å². The number of esters is 3. The maximum atomic E-state index is 12.5. The monoisotopic (exact) mass is 625 g/mol. The number of carbonyl (C=O) groups excluding carboxylic acids is 3. The first-order chi connectivity index (χ1) is 21.2. The zero-order valence-corrected chi connectivity index (χ0v) is 29.8. The van der Waals surface area contributed by atoms with Crippen LogP contribution >= 0.6 is 0 Å². The van der Waals surface area contributed by atoms with E-state index in [0.717, 1.165) is 69.6 Å². The third-order valence-corrected chi connectivity index (χ3v) is 8.22. The molecule has 0 saturated heterocycles. The van der Waals surface area contributed by atoms with Crippen LogP contribution in [-0.2, 0) is 28.6 Å². The van der Waals surface area contributed by atoms with Crippen LogP contribution in [0.25, 0.3) is 0 Å². The number of unbranched alkanes of at least 4 members (excludes halogenated alkanes) is 17. The van der Waals surface area contributed by atoms with Gasteiger partial charge in [0.2, 0.25) is 0 Å². The summed E-state index contributed by atoms with van der Waals surface area (Å²) >= 11 is 0. The van der Waals surface area contributed by atoms with Crippen molar-refractivity contribution >= 4 is 17.9 Å². The molecule has 44 heavy (non-hydrogen) atoms. The fourth-order valence-electron chi connectivity index (χ4n) is 5.34. The fraction of sp³-hybridized carbons (Fsp3) is 0.921. The average molecular weight is 625 g/mol. The summed E-state index contributed by atoms with van der Waals surface area (Å²) in [5.74, 6) is 0.658. The summed E-state index contributed by atoms with van der Waals surface area (Å²) in [4.78, 5) is 37.2. The molecule has 260 valence electrons. The second-order valence-electron chi connectivity index (χ2n) is 13.8. The Morgan fingerprint density at radius 3 is 1.11 bits per heavy atom. The molecule has 0 amide bonds. The molecular formula is C38H72O6. The van der Waals surface area contributed by atoms with Gasteiger partial charge in [-0.15, -0.1) is 0 Å². The minimum Gasteiger partial charge on any atom is -0.462 e. The maximum absolute atomic E-state index is 12.5. The second kappa shape index (κ2) is 31.4. The zero-order chi connectivity index (χ0) is 32.7. The standard InChI is InChI=1S/C38H72O6/c1-6-7-8-9-11-18-23-28-36(39)42-31-35(44-38(41)30-25-20-15-14-17-22-27-34(4)5)32-43-37(40)29-24-19-13-10-12-16-21-26-33(2)3/h33-35H,6-32H2,1-5H3/t35-/m0/s1. The van der Waals surface area contributed by atoms with E-state index in [1.54, 1.807) is 0 Å². The molecule has 0 spiro atoms. The Kier molecular flexibility index (Phi) is 30.3. The molecule has 0 aliphatic rings. The van der Waals surface area contributed by atoms with Crippen molar-refractivity contribution in [3.05, 3.63) is 0 Å². The van der Waals surface area contributed by atoms with E-state index in [4.69, 9.17) is 14.2 Å². The highest BCUT2D eigenvalue weighted by Gasteiger charge is 2.19. The van der Waals surface area contributed by atoms with E-state index in [-0.39, 0.29) is 31.1 Å². The minimum absolute atomic E-state index is 0.0684. The Bertz CT molecular complexity index is 674. The quantitative estimate of drug-likeness (QED) is 0.0421. The first kappa shape index (κ1) is 42.4. The summed E-state index contributed by atoms with van der Waals surface area (Å²) < 4.78 is 16.5. The molecule has 0 aromatic heterocycles. The highest BCUT2D eigenvalue weighted by molar-refractivity contribution is 5.71. The van der Waals surface area contributed by atoms with Gasteiger partial charge in [0.25, 0.3) is 0 Å². The molecular weight excluding hydrogens is 552 g/mol. The molecule has 0 rings (SSSR count). The van der Waals surface area contributed by atoms with Crippen LogP contribution in [0, 0.1) is 11.8 Å². The molecule has 0 fully saturated rings. The molecule has 6 nitrogen and oxygen atoms in total. The molecule has 0 aliphatic carbocycles. The van der Waals surface area contributed by atoms with Gasteiger partial charge in [-0.3, -0.25) is 14.4 Å². The van der Waals surface area contributed by atoms with E-state index >= 15 is 0 Å². The molecule has 6 heteroatoms. The predicted octanol–water partition coefficient (Wildman–Crippen LogP) is 11.1. The van der Waals surface area contributed by atoms with Crippen molar-refractivity contribution in [2.24, 2.45) is 11.8 Å². The van der Waals surface area contributed by atoms with Gasteiger partial charge >= 0.3 is 17.9 Å². The Morgan fingerprint density at radius 1 is 0.432 bits per heavy atom. The van der Waals surface area contributed by atoms with Gasteiger partial charge in [0.05, 0.1) is 0 Å². The molecule has 0 unspecified atom stereocenters. The molecule has 0 bridgehead atoms. The SMILES string of the molecule is CCCCCCCCCC(=O)OC[C@@H](COC(=O)CCCCCCCCCC(C)C)OC(=O)CCCCCCCCC(C)C. The Labute approximate surface area is 272 Å². The van der Waals surface area contributed by atoms with Crippen LogP contribution in [0.2, 0.25) is 0 Å². The number of hydrogen-bond acceptors (Lipinski definition) is 6. The smallest absolute Gasteiger partial charge is 0.306 e. The van der Waals surface area contributed by atoms with Gasteiger partial charge < -0.3 is 14.2 Å². The van der Waals surface area contributed by atoms with E-state index in [1.165, 1.54) is 83.5 Å². The van der Waals surface area contributed by atoms with Crippen LogP contribution < -0.4 is 0 Å². The topological polar surface area (TPSA) is 78.9 Å². The van der Waals surface area contributed by atoms with Gasteiger partial charge in [0, 0.05) is 19.3 Å². The van der Waals surface area contributed by atoms with Gasteiger partial charge in [0.1, 0.15) is 13.2 Å². The summed E-state index contributed by atoms with van der Waals surface area (Å²) in [6, 6.07) is 0. The lowest BCUT2D eigenvalue weighted by Crippen LogP contribution is -2.30.